The molecule has 1 aromatic carbocycles. The number of carbonyl (C=O) groups is 2. The molecule has 0 fully saturated rings. The number of nitrogens with one attached hydrogen (secondary N) is 1. The third kappa shape index (κ3) is 6.90. The number of halogens is 3. The van der Waals surface area contributed by atoms with Gasteiger partial charge in [-0.2, -0.15) is 0 Å². The van der Waals surface area contributed by atoms with Crippen molar-refractivity contribution >= 4 is 12.0 Å². The second kappa shape index (κ2) is 7.70. The van der Waals surface area contributed by atoms with Gasteiger partial charge in [-0.15, -0.1) is 13.2 Å². The van der Waals surface area contributed by atoms with Crippen molar-refractivity contribution < 1.29 is 32.6 Å². The highest BCUT2D eigenvalue weighted by Gasteiger charge is 2.31. The zero-order valence-electron chi connectivity index (χ0n) is 12.6. The van der Waals surface area contributed by atoms with Crippen LogP contribution >= 0.6 is 0 Å². The van der Waals surface area contributed by atoms with Crippen LogP contribution in [0.25, 0.3) is 0 Å². The number of alkyl halides is 3. The molecule has 1 atom stereocenters. The lowest BCUT2D eigenvalue weighted by molar-refractivity contribution is -0.274. The number of aliphatic carboxylic acids is 1. The molecule has 0 bridgehead atoms. The van der Waals surface area contributed by atoms with E-state index in [1.807, 2.05) is 0 Å². The molecule has 0 aliphatic heterocycles. The highest BCUT2D eigenvalue weighted by Crippen LogP contribution is 2.24. The van der Waals surface area contributed by atoms with Crippen molar-refractivity contribution in [3.05, 3.63) is 29.8 Å². The number of benzene rings is 1. The summed E-state index contributed by atoms with van der Waals surface area (Å²) in [6, 6.07) is 4.18. The molecule has 2 amide bonds. The predicted molar refractivity (Wildman–Crippen MR) is 75.0 cm³/mol. The van der Waals surface area contributed by atoms with Gasteiger partial charge in [0.2, 0.25) is 0 Å². The zero-order chi connectivity index (χ0) is 17.6. The van der Waals surface area contributed by atoms with Crippen LogP contribution < -0.4 is 10.1 Å². The fraction of sp³-hybridized carbons (Fsp3) is 0.429. The number of rotatable bonds is 6. The van der Waals surface area contributed by atoms with E-state index in [-0.39, 0.29) is 18.7 Å². The number of carbonyl (C=O) groups excluding carboxylic acids is 1. The molecule has 9 heteroatoms. The quantitative estimate of drug-likeness (QED) is 0.838. The Kier molecular flexibility index (Phi) is 6.23. The van der Waals surface area contributed by atoms with Gasteiger partial charge < -0.3 is 20.1 Å². The van der Waals surface area contributed by atoms with E-state index in [1.54, 1.807) is 6.92 Å². The van der Waals surface area contributed by atoms with Gasteiger partial charge in [-0.05, 0) is 24.6 Å². The van der Waals surface area contributed by atoms with Gasteiger partial charge in [0.05, 0.1) is 12.5 Å². The Morgan fingerprint density at radius 2 is 1.87 bits per heavy atom. The van der Waals surface area contributed by atoms with Crippen LogP contribution in [0.5, 0.6) is 5.75 Å². The van der Waals surface area contributed by atoms with E-state index in [0.29, 0.717) is 5.56 Å². The van der Waals surface area contributed by atoms with E-state index in [2.05, 4.69) is 10.1 Å². The van der Waals surface area contributed by atoms with Crippen molar-refractivity contribution in [2.24, 2.45) is 0 Å². The van der Waals surface area contributed by atoms with Crippen molar-refractivity contribution in [3.8, 4) is 5.75 Å². The average molecular weight is 334 g/mol. The number of nitrogens with zero attached hydrogens (tertiary/aromatic N) is 1. The van der Waals surface area contributed by atoms with Gasteiger partial charge in [0.15, 0.2) is 0 Å². The van der Waals surface area contributed by atoms with Crippen LogP contribution in [0.4, 0.5) is 18.0 Å². The second-order valence-corrected chi connectivity index (χ2v) is 4.85. The number of carboxylic acids is 1. The van der Waals surface area contributed by atoms with Gasteiger partial charge in [0, 0.05) is 13.6 Å². The van der Waals surface area contributed by atoms with Crippen molar-refractivity contribution in [2.45, 2.75) is 25.7 Å². The Labute approximate surface area is 130 Å². The van der Waals surface area contributed by atoms with Gasteiger partial charge in [-0.3, -0.25) is 4.79 Å². The maximum Gasteiger partial charge on any atom is 0.573 e. The minimum Gasteiger partial charge on any atom is -0.481 e. The van der Waals surface area contributed by atoms with Crippen LogP contribution in [0.15, 0.2) is 24.3 Å². The highest BCUT2D eigenvalue weighted by molar-refractivity contribution is 5.75. The second-order valence-electron chi connectivity index (χ2n) is 4.85. The molecular formula is C14H17F3N2O4. The molecule has 0 aromatic heterocycles. The molecule has 0 spiro atoms. The fourth-order valence-corrected chi connectivity index (χ4v) is 1.70. The molecule has 0 radical (unpaired) electrons. The first-order valence-corrected chi connectivity index (χ1v) is 6.67. The minimum atomic E-state index is -4.76. The standard InChI is InChI=1S/C14H17F3N2O4/c1-9(18-13(22)19(2)8-7-12(20)21)10-3-5-11(6-4-10)23-14(15,16)17/h3-6,9H,7-8H2,1-2H3,(H,18,22)(H,20,21)/t9-/m0/s1. The van der Waals surface area contributed by atoms with E-state index in [1.165, 1.54) is 24.1 Å². The zero-order valence-corrected chi connectivity index (χ0v) is 12.6. The van der Waals surface area contributed by atoms with Crippen LogP contribution in [0.1, 0.15) is 24.9 Å². The summed E-state index contributed by atoms with van der Waals surface area (Å²) < 4.78 is 40.0. The summed E-state index contributed by atoms with van der Waals surface area (Å²) in [7, 11) is 1.45. The van der Waals surface area contributed by atoms with E-state index in [0.717, 1.165) is 12.1 Å². The smallest absolute Gasteiger partial charge is 0.481 e. The van der Waals surface area contributed by atoms with E-state index in [9.17, 15) is 22.8 Å². The van der Waals surface area contributed by atoms with Crippen LogP contribution in [-0.4, -0.2) is 42.0 Å². The lowest BCUT2D eigenvalue weighted by atomic mass is 10.1. The molecule has 0 unspecified atom stereocenters. The molecule has 128 valence electrons. The number of hydrogen-bond donors (Lipinski definition) is 2. The number of ether oxygens (including phenoxy) is 1. The number of carboxylic acid groups (broad SMARTS) is 1. The van der Waals surface area contributed by atoms with Crippen LogP contribution in [0, 0.1) is 0 Å². The summed E-state index contributed by atoms with van der Waals surface area (Å²) in [5.74, 6) is -1.36. The fourth-order valence-electron chi connectivity index (χ4n) is 1.70. The van der Waals surface area contributed by atoms with Crippen molar-refractivity contribution in [3.63, 3.8) is 0 Å². The first-order chi connectivity index (χ1) is 10.6. The third-order valence-corrected chi connectivity index (χ3v) is 2.96. The molecule has 1 rings (SSSR count). The Balaban J connectivity index is 2.58. The van der Waals surface area contributed by atoms with E-state index >= 15 is 0 Å². The SMILES string of the molecule is C[C@H](NC(=O)N(C)CCC(=O)O)c1ccc(OC(F)(F)F)cc1. The van der Waals surface area contributed by atoms with Gasteiger partial charge in [-0.1, -0.05) is 12.1 Å². The summed E-state index contributed by atoms with van der Waals surface area (Å²) in [5.41, 5.74) is 0.583. The third-order valence-electron chi connectivity index (χ3n) is 2.96. The van der Waals surface area contributed by atoms with Crippen LogP contribution in [0.2, 0.25) is 0 Å². The van der Waals surface area contributed by atoms with Crippen LogP contribution in [0.3, 0.4) is 0 Å². The van der Waals surface area contributed by atoms with Gasteiger partial charge >= 0.3 is 18.4 Å². The number of hydrogen-bond acceptors (Lipinski definition) is 3. The number of urea groups is 1. The van der Waals surface area contributed by atoms with E-state index < -0.39 is 24.4 Å². The Bertz CT molecular complexity index is 546. The molecule has 0 saturated heterocycles. The maximum absolute atomic E-state index is 12.1. The lowest BCUT2D eigenvalue weighted by Gasteiger charge is -2.21. The van der Waals surface area contributed by atoms with Gasteiger partial charge in [0.25, 0.3) is 0 Å². The molecule has 2 N–H and O–H groups in total. The Morgan fingerprint density at radius 1 is 1.30 bits per heavy atom. The largest absolute Gasteiger partial charge is 0.573 e. The predicted octanol–water partition coefficient (Wildman–Crippen LogP) is 2.76. The molecule has 23 heavy (non-hydrogen) atoms. The maximum atomic E-state index is 12.1. The molecule has 6 nitrogen and oxygen atoms in total. The first kappa shape index (κ1) is 18.6. The summed E-state index contributed by atoms with van der Waals surface area (Å²) in [4.78, 5) is 23.5. The summed E-state index contributed by atoms with van der Waals surface area (Å²) in [5, 5.41) is 11.2. The number of amides is 2. The molecule has 0 aliphatic rings. The summed E-state index contributed by atoms with van der Waals surface area (Å²) >= 11 is 0. The van der Waals surface area contributed by atoms with Gasteiger partial charge in [-0.25, -0.2) is 4.79 Å². The van der Waals surface area contributed by atoms with Crippen LogP contribution in [-0.2, 0) is 4.79 Å². The van der Waals surface area contributed by atoms with Crippen molar-refractivity contribution in [2.75, 3.05) is 13.6 Å². The Hall–Kier alpha value is -2.45. The van der Waals surface area contributed by atoms with Crippen molar-refractivity contribution in [1.29, 1.82) is 0 Å². The highest BCUT2D eigenvalue weighted by atomic mass is 19.4. The molecule has 0 aliphatic carbocycles. The summed E-state index contributed by atoms with van der Waals surface area (Å²) in [6.07, 6.45) is -4.93. The molecular weight excluding hydrogens is 317 g/mol. The monoisotopic (exact) mass is 334 g/mol. The molecule has 0 heterocycles. The normalized spacial score (nSPS) is 12.4. The van der Waals surface area contributed by atoms with E-state index in [4.69, 9.17) is 5.11 Å². The van der Waals surface area contributed by atoms with Crippen molar-refractivity contribution in [1.82, 2.24) is 10.2 Å². The lowest BCUT2D eigenvalue weighted by Crippen LogP contribution is -2.39. The molecule has 0 saturated carbocycles. The molecule has 1 aromatic rings. The average Bonchev–Trinajstić information content (AvgIpc) is 2.43. The summed E-state index contributed by atoms with van der Waals surface area (Å²) in [6.45, 7) is 1.70. The van der Waals surface area contributed by atoms with Gasteiger partial charge in [0.1, 0.15) is 5.75 Å². The minimum absolute atomic E-state index is 0.0479. The Morgan fingerprint density at radius 3 is 2.35 bits per heavy atom. The topological polar surface area (TPSA) is 78.9 Å². The first-order valence-electron chi connectivity index (χ1n) is 6.67.